The van der Waals surface area contributed by atoms with Gasteiger partial charge in [-0.1, -0.05) is 53.4 Å². The summed E-state index contributed by atoms with van der Waals surface area (Å²) in [6.45, 7) is 0. The first-order valence-electron chi connectivity index (χ1n) is 8.47. The number of carbonyl (C=O) groups is 1. The van der Waals surface area contributed by atoms with E-state index in [-0.39, 0.29) is 12.0 Å². The molecule has 122 valence electrons. The lowest BCUT2D eigenvalue weighted by Crippen LogP contribution is -2.23. The first-order chi connectivity index (χ1) is 11.2. The van der Waals surface area contributed by atoms with Crippen LogP contribution in [0.5, 0.6) is 0 Å². The van der Waals surface area contributed by atoms with E-state index in [9.17, 15) is 4.79 Å². The summed E-state index contributed by atoms with van der Waals surface area (Å²) < 4.78 is 3.19. The van der Waals surface area contributed by atoms with Gasteiger partial charge in [-0.25, -0.2) is 4.98 Å². The van der Waals surface area contributed by atoms with E-state index in [1.807, 2.05) is 24.7 Å². The SMILES string of the molecule is O=C(CC(Cc1ccccc1Br)n1ccnc1)C1CCCCC1. The van der Waals surface area contributed by atoms with Crippen LogP contribution in [0.3, 0.4) is 0 Å². The lowest BCUT2D eigenvalue weighted by molar-refractivity contribution is -0.124. The highest BCUT2D eigenvalue weighted by molar-refractivity contribution is 9.10. The van der Waals surface area contributed by atoms with Gasteiger partial charge in [0.25, 0.3) is 0 Å². The van der Waals surface area contributed by atoms with Crippen LogP contribution < -0.4 is 0 Å². The maximum atomic E-state index is 12.7. The molecule has 1 aliphatic rings. The molecule has 1 atom stereocenters. The number of aromatic nitrogens is 2. The van der Waals surface area contributed by atoms with E-state index in [4.69, 9.17) is 0 Å². The first-order valence-corrected chi connectivity index (χ1v) is 9.27. The number of Topliss-reactive ketones (excluding diaryl/α,β-unsaturated/α-hetero) is 1. The third kappa shape index (κ3) is 4.31. The molecule has 1 unspecified atom stereocenters. The van der Waals surface area contributed by atoms with Gasteiger partial charge in [-0.3, -0.25) is 4.79 Å². The number of hydrogen-bond donors (Lipinski definition) is 0. The number of halogens is 1. The monoisotopic (exact) mass is 374 g/mol. The van der Waals surface area contributed by atoms with E-state index in [1.54, 1.807) is 6.20 Å². The molecule has 23 heavy (non-hydrogen) atoms. The average molecular weight is 375 g/mol. The van der Waals surface area contributed by atoms with Crippen molar-refractivity contribution in [3.63, 3.8) is 0 Å². The molecule has 0 spiro atoms. The highest BCUT2D eigenvalue weighted by Crippen LogP contribution is 2.29. The smallest absolute Gasteiger partial charge is 0.138 e. The standard InChI is InChI=1S/C19H23BrN2O/c20-18-9-5-4-8-16(18)12-17(22-11-10-21-14-22)13-19(23)15-6-2-1-3-7-15/h4-5,8-11,14-15,17H,1-3,6-7,12-13H2. The molecule has 1 fully saturated rings. The Morgan fingerprint density at radius 2 is 2.04 bits per heavy atom. The van der Waals surface area contributed by atoms with Crippen molar-refractivity contribution in [1.82, 2.24) is 9.55 Å². The maximum absolute atomic E-state index is 12.7. The molecule has 0 saturated heterocycles. The lowest BCUT2D eigenvalue weighted by Gasteiger charge is -2.24. The van der Waals surface area contributed by atoms with Crippen molar-refractivity contribution < 1.29 is 4.79 Å². The molecule has 1 aliphatic carbocycles. The number of nitrogens with zero attached hydrogens (tertiary/aromatic N) is 2. The molecule has 1 aromatic carbocycles. The van der Waals surface area contributed by atoms with Crippen LogP contribution >= 0.6 is 15.9 Å². The molecule has 2 aromatic rings. The van der Waals surface area contributed by atoms with Crippen molar-refractivity contribution in [2.45, 2.75) is 51.0 Å². The molecule has 1 heterocycles. The van der Waals surface area contributed by atoms with Crippen LogP contribution in [-0.4, -0.2) is 15.3 Å². The van der Waals surface area contributed by atoms with Crippen LogP contribution in [0.15, 0.2) is 47.5 Å². The lowest BCUT2D eigenvalue weighted by atomic mass is 9.83. The summed E-state index contributed by atoms with van der Waals surface area (Å²) in [5, 5.41) is 0. The average Bonchev–Trinajstić information content (AvgIpc) is 3.11. The van der Waals surface area contributed by atoms with E-state index in [1.165, 1.54) is 24.8 Å². The number of carbonyl (C=O) groups excluding carboxylic acids is 1. The predicted molar refractivity (Wildman–Crippen MR) is 95.3 cm³/mol. The molecular weight excluding hydrogens is 352 g/mol. The summed E-state index contributed by atoms with van der Waals surface area (Å²) in [5.41, 5.74) is 1.24. The minimum Gasteiger partial charge on any atom is -0.334 e. The summed E-state index contributed by atoms with van der Waals surface area (Å²) in [6.07, 6.45) is 12.9. The van der Waals surface area contributed by atoms with E-state index >= 15 is 0 Å². The van der Waals surface area contributed by atoms with Crippen molar-refractivity contribution in [3.05, 3.63) is 53.0 Å². The van der Waals surface area contributed by atoms with Crippen LogP contribution in [0, 0.1) is 5.92 Å². The highest BCUT2D eigenvalue weighted by Gasteiger charge is 2.25. The second-order valence-electron chi connectivity index (χ2n) is 6.46. The Hall–Kier alpha value is -1.42. The summed E-state index contributed by atoms with van der Waals surface area (Å²) in [6, 6.07) is 8.40. The summed E-state index contributed by atoms with van der Waals surface area (Å²) in [5.74, 6) is 0.699. The van der Waals surface area contributed by atoms with Gasteiger partial charge in [0.15, 0.2) is 0 Å². The maximum Gasteiger partial charge on any atom is 0.138 e. The zero-order chi connectivity index (χ0) is 16.1. The van der Waals surface area contributed by atoms with Crippen molar-refractivity contribution >= 4 is 21.7 Å². The van der Waals surface area contributed by atoms with Crippen LogP contribution in [0.1, 0.15) is 50.1 Å². The first kappa shape index (κ1) is 16.4. The number of imidazole rings is 1. The quantitative estimate of drug-likeness (QED) is 0.715. The Morgan fingerprint density at radius 3 is 2.74 bits per heavy atom. The molecule has 1 aromatic heterocycles. The van der Waals surface area contributed by atoms with Crippen molar-refractivity contribution in [1.29, 1.82) is 0 Å². The molecule has 3 nitrogen and oxygen atoms in total. The number of rotatable bonds is 6. The van der Waals surface area contributed by atoms with Gasteiger partial charge in [0.2, 0.25) is 0 Å². The van der Waals surface area contributed by atoms with Gasteiger partial charge in [-0.2, -0.15) is 0 Å². The van der Waals surface area contributed by atoms with E-state index < -0.39 is 0 Å². The number of hydrogen-bond acceptors (Lipinski definition) is 2. The van der Waals surface area contributed by atoms with Crippen molar-refractivity contribution in [2.75, 3.05) is 0 Å². The van der Waals surface area contributed by atoms with E-state index in [0.29, 0.717) is 12.2 Å². The van der Waals surface area contributed by atoms with Crippen LogP contribution in [-0.2, 0) is 11.2 Å². The molecule has 0 aliphatic heterocycles. The minimum atomic E-state index is 0.144. The second kappa shape index (κ2) is 7.91. The van der Waals surface area contributed by atoms with Gasteiger partial charge in [-0.15, -0.1) is 0 Å². The summed E-state index contributed by atoms with van der Waals surface area (Å²) in [4.78, 5) is 16.9. The van der Waals surface area contributed by atoms with Gasteiger partial charge >= 0.3 is 0 Å². The van der Waals surface area contributed by atoms with E-state index in [2.05, 4.69) is 37.6 Å². The highest BCUT2D eigenvalue weighted by atomic mass is 79.9. The summed E-state index contributed by atoms with van der Waals surface area (Å²) >= 11 is 3.62. The molecule has 0 N–H and O–H groups in total. The summed E-state index contributed by atoms with van der Waals surface area (Å²) in [7, 11) is 0. The van der Waals surface area contributed by atoms with Crippen LogP contribution in [0.25, 0.3) is 0 Å². The zero-order valence-electron chi connectivity index (χ0n) is 13.3. The topological polar surface area (TPSA) is 34.9 Å². The second-order valence-corrected chi connectivity index (χ2v) is 7.32. The Kier molecular flexibility index (Phi) is 5.65. The largest absolute Gasteiger partial charge is 0.334 e. The molecule has 0 bridgehead atoms. The Bertz CT molecular complexity index is 633. The predicted octanol–water partition coefficient (Wildman–Crippen LogP) is 4.97. The van der Waals surface area contributed by atoms with Gasteiger partial charge in [-0.05, 0) is 30.9 Å². The van der Waals surface area contributed by atoms with Crippen LogP contribution in [0.2, 0.25) is 0 Å². The third-order valence-electron chi connectivity index (χ3n) is 4.86. The molecular formula is C19H23BrN2O. The Labute approximate surface area is 146 Å². The van der Waals surface area contributed by atoms with Gasteiger partial charge < -0.3 is 4.57 Å². The molecule has 1 saturated carbocycles. The van der Waals surface area contributed by atoms with Gasteiger partial charge in [0.05, 0.1) is 6.33 Å². The van der Waals surface area contributed by atoms with Crippen molar-refractivity contribution in [2.24, 2.45) is 5.92 Å². The molecule has 4 heteroatoms. The fourth-order valence-corrected chi connectivity index (χ4v) is 3.96. The van der Waals surface area contributed by atoms with Gasteiger partial charge in [0, 0.05) is 35.2 Å². The van der Waals surface area contributed by atoms with Crippen molar-refractivity contribution in [3.8, 4) is 0 Å². The number of benzene rings is 1. The Balaban J connectivity index is 1.74. The molecule has 0 amide bonds. The molecule has 0 radical (unpaired) electrons. The van der Waals surface area contributed by atoms with Crippen LogP contribution in [0.4, 0.5) is 0 Å². The fourth-order valence-electron chi connectivity index (χ4n) is 3.51. The third-order valence-corrected chi connectivity index (χ3v) is 5.63. The Morgan fingerprint density at radius 1 is 1.26 bits per heavy atom. The fraction of sp³-hybridized carbons (Fsp3) is 0.474. The van der Waals surface area contributed by atoms with E-state index in [0.717, 1.165) is 23.7 Å². The van der Waals surface area contributed by atoms with Gasteiger partial charge in [0.1, 0.15) is 5.78 Å². The number of ketones is 1. The molecule has 3 rings (SSSR count). The normalized spacial score (nSPS) is 17.1. The zero-order valence-corrected chi connectivity index (χ0v) is 14.9. The minimum absolute atomic E-state index is 0.144.